The minimum absolute atomic E-state index is 0.664. The van der Waals surface area contributed by atoms with Gasteiger partial charge in [-0.15, -0.1) is 0 Å². The van der Waals surface area contributed by atoms with Crippen molar-refractivity contribution in [1.82, 2.24) is 39.2 Å². The van der Waals surface area contributed by atoms with Gasteiger partial charge < -0.3 is 9.80 Å². The lowest BCUT2D eigenvalue weighted by molar-refractivity contribution is 0.796. The van der Waals surface area contributed by atoms with Gasteiger partial charge in [0.2, 0.25) is 0 Å². The largest absolute Gasteiger partial charge is 0.357 e. The zero-order valence-corrected chi connectivity index (χ0v) is 18.6. The van der Waals surface area contributed by atoms with Gasteiger partial charge in [0, 0.05) is 49.7 Å². The van der Waals surface area contributed by atoms with Gasteiger partial charge in [0.15, 0.2) is 0 Å². The molecule has 0 aliphatic carbocycles. The third-order valence-electron chi connectivity index (χ3n) is 4.90. The van der Waals surface area contributed by atoms with Gasteiger partial charge in [-0.1, -0.05) is 0 Å². The number of rotatable bonds is 6. The molecule has 10 nitrogen and oxygen atoms in total. The summed E-state index contributed by atoms with van der Waals surface area (Å²) in [6, 6.07) is 4.07. The number of nitrogens with zero attached hydrogens (tertiary/aromatic N) is 10. The van der Waals surface area contributed by atoms with Crippen LogP contribution in [0.2, 0.25) is 0 Å². The summed E-state index contributed by atoms with van der Waals surface area (Å²) in [5.41, 5.74) is 1.94. The highest BCUT2D eigenvalue weighted by Crippen LogP contribution is 2.16. The molecule has 0 amide bonds. The predicted molar refractivity (Wildman–Crippen MR) is 118 cm³/mol. The Morgan fingerprint density at radius 1 is 0.667 bits per heavy atom. The summed E-state index contributed by atoms with van der Waals surface area (Å²) in [6.07, 6.45) is 3.07. The Morgan fingerprint density at radius 2 is 1.03 bits per heavy atom. The molecule has 0 aliphatic rings. The maximum Gasteiger partial charge on any atom is 0.254 e. The second kappa shape index (κ2) is 9.47. The highest BCUT2D eigenvalue weighted by molar-refractivity contribution is 5.47. The molecule has 10 heteroatoms. The maximum atomic E-state index is 4.31. The van der Waals surface area contributed by atoms with Gasteiger partial charge in [-0.05, 0) is 41.5 Å². The highest BCUT2D eigenvalue weighted by atomic mass is 15.4. The average molecular weight is 411 g/mol. The fraction of sp³-hybridized carbons (Fsp3) is 0.500. The molecule has 0 spiro atoms. The van der Waals surface area contributed by atoms with E-state index in [0.717, 1.165) is 49.2 Å². The molecule has 4 aromatic rings. The SMILES string of the molecule is CCN(CC)c1cc(C)nc2ncnn12.CCN(CC)c1cc(C)nc2ncnn12. The monoisotopic (exact) mass is 410 g/mol. The zero-order valence-electron chi connectivity index (χ0n) is 18.6. The molecule has 0 radical (unpaired) electrons. The van der Waals surface area contributed by atoms with E-state index in [4.69, 9.17) is 0 Å². The van der Waals surface area contributed by atoms with E-state index < -0.39 is 0 Å². The smallest absolute Gasteiger partial charge is 0.254 e. The number of anilines is 2. The summed E-state index contributed by atoms with van der Waals surface area (Å²) in [4.78, 5) is 21.3. The first kappa shape index (κ1) is 21.4. The van der Waals surface area contributed by atoms with E-state index in [1.54, 1.807) is 9.03 Å². The van der Waals surface area contributed by atoms with Crippen molar-refractivity contribution in [2.75, 3.05) is 36.0 Å². The number of aromatic nitrogens is 8. The van der Waals surface area contributed by atoms with Gasteiger partial charge in [-0.2, -0.15) is 29.2 Å². The first-order valence-electron chi connectivity index (χ1n) is 10.4. The molecule has 0 aromatic carbocycles. The quantitative estimate of drug-likeness (QED) is 0.479. The van der Waals surface area contributed by atoms with Gasteiger partial charge in [0.25, 0.3) is 11.6 Å². The molecule has 4 aromatic heterocycles. The van der Waals surface area contributed by atoms with Crippen LogP contribution in [0.15, 0.2) is 24.8 Å². The lowest BCUT2D eigenvalue weighted by Gasteiger charge is -2.21. The maximum absolute atomic E-state index is 4.31. The fourth-order valence-electron chi connectivity index (χ4n) is 3.37. The van der Waals surface area contributed by atoms with Crippen molar-refractivity contribution in [3.63, 3.8) is 0 Å². The van der Waals surface area contributed by atoms with Crippen LogP contribution in [-0.4, -0.2) is 65.3 Å². The molecular formula is C20H30N10. The van der Waals surface area contributed by atoms with Crippen LogP contribution in [0.5, 0.6) is 0 Å². The number of aryl methyl sites for hydroxylation is 2. The molecule has 0 N–H and O–H groups in total. The van der Waals surface area contributed by atoms with Gasteiger partial charge in [-0.3, -0.25) is 0 Å². The molecule has 4 rings (SSSR count). The van der Waals surface area contributed by atoms with Crippen molar-refractivity contribution in [3.8, 4) is 0 Å². The number of fused-ring (bicyclic) bond motifs is 2. The van der Waals surface area contributed by atoms with Gasteiger partial charge in [-0.25, -0.2) is 9.97 Å². The average Bonchev–Trinajstić information content (AvgIpc) is 3.39. The predicted octanol–water partition coefficient (Wildman–Crippen LogP) is 2.56. The van der Waals surface area contributed by atoms with Crippen LogP contribution in [0.4, 0.5) is 11.6 Å². The lowest BCUT2D eigenvalue weighted by Crippen LogP contribution is -2.25. The number of hydrogen-bond acceptors (Lipinski definition) is 8. The zero-order chi connectivity index (χ0) is 21.7. The summed E-state index contributed by atoms with van der Waals surface area (Å²) in [5.74, 6) is 3.44. The van der Waals surface area contributed by atoms with Gasteiger partial charge in [0.05, 0.1) is 0 Å². The van der Waals surface area contributed by atoms with Crippen LogP contribution < -0.4 is 9.80 Å². The third-order valence-corrected chi connectivity index (χ3v) is 4.90. The molecule has 30 heavy (non-hydrogen) atoms. The molecule has 160 valence electrons. The first-order chi connectivity index (χ1) is 14.5. The Labute approximate surface area is 176 Å². The topological polar surface area (TPSA) is 92.6 Å². The van der Waals surface area contributed by atoms with Crippen molar-refractivity contribution in [2.45, 2.75) is 41.5 Å². The van der Waals surface area contributed by atoms with Crippen LogP contribution in [0.1, 0.15) is 39.1 Å². The third kappa shape index (κ3) is 4.32. The van der Waals surface area contributed by atoms with Crippen LogP contribution in [-0.2, 0) is 0 Å². The van der Waals surface area contributed by atoms with E-state index in [0.29, 0.717) is 11.6 Å². The van der Waals surface area contributed by atoms with Crippen molar-refractivity contribution >= 4 is 23.2 Å². The Balaban J connectivity index is 0.000000171. The van der Waals surface area contributed by atoms with Crippen molar-refractivity contribution in [2.24, 2.45) is 0 Å². The van der Waals surface area contributed by atoms with E-state index in [2.05, 4.69) is 67.6 Å². The molecular weight excluding hydrogens is 380 g/mol. The summed E-state index contributed by atoms with van der Waals surface area (Å²) >= 11 is 0. The summed E-state index contributed by atoms with van der Waals surface area (Å²) in [6.45, 7) is 16.3. The molecule has 0 saturated heterocycles. The molecule has 0 bridgehead atoms. The van der Waals surface area contributed by atoms with Crippen LogP contribution in [0.3, 0.4) is 0 Å². The Hall–Kier alpha value is -3.30. The van der Waals surface area contributed by atoms with Crippen molar-refractivity contribution < 1.29 is 0 Å². The first-order valence-corrected chi connectivity index (χ1v) is 10.4. The Kier molecular flexibility index (Phi) is 6.76. The standard InChI is InChI=1S/2C10H15N5/c2*1-4-14(5-2)9-6-8(3)13-10-11-7-12-15(9)10/h2*6-7H,4-5H2,1-3H3. The van der Waals surface area contributed by atoms with E-state index in [1.165, 1.54) is 12.7 Å². The second-order valence-electron chi connectivity index (χ2n) is 6.80. The normalized spacial score (nSPS) is 10.9. The summed E-state index contributed by atoms with van der Waals surface area (Å²) in [7, 11) is 0. The van der Waals surface area contributed by atoms with Crippen LogP contribution in [0, 0.1) is 13.8 Å². The molecule has 4 heterocycles. The fourth-order valence-corrected chi connectivity index (χ4v) is 3.37. The van der Waals surface area contributed by atoms with Gasteiger partial charge >= 0.3 is 0 Å². The molecule has 0 unspecified atom stereocenters. The molecule has 0 saturated carbocycles. The highest BCUT2D eigenvalue weighted by Gasteiger charge is 2.11. The Morgan fingerprint density at radius 3 is 1.37 bits per heavy atom. The number of hydrogen-bond donors (Lipinski definition) is 0. The molecule has 0 aliphatic heterocycles. The van der Waals surface area contributed by atoms with E-state index in [1.807, 2.05) is 26.0 Å². The van der Waals surface area contributed by atoms with Crippen molar-refractivity contribution in [3.05, 3.63) is 36.2 Å². The molecule has 0 atom stereocenters. The second-order valence-corrected chi connectivity index (χ2v) is 6.80. The van der Waals surface area contributed by atoms with E-state index in [9.17, 15) is 0 Å². The minimum atomic E-state index is 0.664. The van der Waals surface area contributed by atoms with E-state index >= 15 is 0 Å². The van der Waals surface area contributed by atoms with Crippen molar-refractivity contribution in [1.29, 1.82) is 0 Å². The minimum Gasteiger partial charge on any atom is -0.357 e. The van der Waals surface area contributed by atoms with E-state index in [-0.39, 0.29) is 0 Å². The van der Waals surface area contributed by atoms with Gasteiger partial charge in [0.1, 0.15) is 24.3 Å². The lowest BCUT2D eigenvalue weighted by atomic mass is 10.4. The molecule has 0 fully saturated rings. The summed E-state index contributed by atoms with van der Waals surface area (Å²) < 4.78 is 3.56. The Bertz CT molecular complexity index is 1000. The van der Waals surface area contributed by atoms with Crippen LogP contribution >= 0.6 is 0 Å². The summed E-state index contributed by atoms with van der Waals surface area (Å²) in [5, 5.41) is 8.36. The van der Waals surface area contributed by atoms with Crippen LogP contribution in [0.25, 0.3) is 11.6 Å².